The van der Waals surface area contributed by atoms with Gasteiger partial charge in [-0.25, -0.2) is 0 Å². The van der Waals surface area contributed by atoms with Crippen LogP contribution in [0, 0.1) is 0 Å². The first-order valence-electron chi connectivity index (χ1n) is 11.6. The zero-order valence-corrected chi connectivity index (χ0v) is 17.9. The van der Waals surface area contributed by atoms with E-state index in [4.69, 9.17) is 14.6 Å². The lowest BCUT2D eigenvalue weighted by Gasteiger charge is -2.23. The van der Waals surface area contributed by atoms with Crippen LogP contribution in [0.5, 0.6) is 0 Å². The summed E-state index contributed by atoms with van der Waals surface area (Å²) in [5.74, 6) is 0. The molecular formula is C23H44O5. The summed E-state index contributed by atoms with van der Waals surface area (Å²) >= 11 is 0. The highest BCUT2D eigenvalue weighted by Crippen LogP contribution is 2.21. The van der Waals surface area contributed by atoms with E-state index in [0.717, 1.165) is 19.3 Å². The van der Waals surface area contributed by atoms with E-state index < -0.39 is 24.4 Å². The first kappa shape index (κ1) is 25.6. The van der Waals surface area contributed by atoms with Crippen molar-refractivity contribution >= 4 is 0 Å². The maximum atomic E-state index is 9.87. The molecule has 1 fully saturated rings. The Morgan fingerprint density at radius 1 is 0.929 bits per heavy atom. The molecule has 1 saturated heterocycles. The predicted molar refractivity (Wildman–Crippen MR) is 113 cm³/mol. The molecule has 1 aliphatic heterocycles. The molecule has 0 aromatic heterocycles. The molecular weight excluding hydrogens is 356 g/mol. The van der Waals surface area contributed by atoms with Gasteiger partial charge in [-0.2, -0.15) is 0 Å². The van der Waals surface area contributed by atoms with Crippen molar-refractivity contribution in [1.82, 2.24) is 0 Å². The van der Waals surface area contributed by atoms with Crippen molar-refractivity contribution in [2.24, 2.45) is 0 Å². The third-order valence-electron chi connectivity index (χ3n) is 5.45. The van der Waals surface area contributed by atoms with Gasteiger partial charge in [-0.3, -0.25) is 0 Å². The van der Waals surface area contributed by atoms with Gasteiger partial charge in [0, 0.05) is 6.61 Å². The van der Waals surface area contributed by atoms with Crippen molar-refractivity contribution in [3.05, 3.63) is 12.2 Å². The lowest BCUT2D eigenvalue weighted by molar-refractivity contribution is -0.0935. The van der Waals surface area contributed by atoms with E-state index in [0.29, 0.717) is 6.61 Å². The lowest BCUT2D eigenvalue weighted by atomic mass is 10.1. The maximum absolute atomic E-state index is 9.87. The van der Waals surface area contributed by atoms with E-state index in [9.17, 15) is 10.2 Å². The summed E-state index contributed by atoms with van der Waals surface area (Å²) in [7, 11) is 0. The van der Waals surface area contributed by atoms with Gasteiger partial charge >= 0.3 is 0 Å². The van der Waals surface area contributed by atoms with E-state index in [1.54, 1.807) is 0 Å². The van der Waals surface area contributed by atoms with Gasteiger partial charge in [0.2, 0.25) is 0 Å². The molecule has 4 atom stereocenters. The molecule has 0 radical (unpaired) electrons. The molecule has 5 heteroatoms. The van der Waals surface area contributed by atoms with Crippen LogP contribution < -0.4 is 0 Å². The maximum Gasteiger partial charge on any atom is 0.114 e. The highest BCUT2D eigenvalue weighted by atomic mass is 16.6. The van der Waals surface area contributed by atoms with Crippen molar-refractivity contribution in [1.29, 1.82) is 0 Å². The van der Waals surface area contributed by atoms with Gasteiger partial charge in [-0.05, 0) is 25.7 Å². The molecule has 5 nitrogen and oxygen atoms in total. The van der Waals surface area contributed by atoms with Crippen molar-refractivity contribution in [3.8, 4) is 0 Å². The largest absolute Gasteiger partial charge is 0.394 e. The number of allylic oxidation sites excluding steroid dienone is 2. The number of aliphatic hydroxyl groups is 3. The van der Waals surface area contributed by atoms with Crippen LogP contribution in [-0.4, -0.2) is 59.6 Å². The van der Waals surface area contributed by atoms with Gasteiger partial charge in [-0.15, -0.1) is 0 Å². The molecule has 1 heterocycles. The van der Waals surface area contributed by atoms with E-state index in [1.807, 2.05) is 0 Å². The summed E-state index contributed by atoms with van der Waals surface area (Å²) in [4.78, 5) is 0. The number of ether oxygens (including phenoxy) is 2. The van der Waals surface area contributed by atoms with Crippen molar-refractivity contribution < 1.29 is 24.8 Å². The van der Waals surface area contributed by atoms with E-state index in [1.165, 1.54) is 64.2 Å². The van der Waals surface area contributed by atoms with Gasteiger partial charge in [0.15, 0.2) is 0 Å². The summed E-state index contributed by atoms with van der Waals surface area (Å²) in [5.41, 5.74) is 0. The van der Waals surface area contributed by atoms with Crippen LogP contribution in [0.2, 0.25) is 0 Å². The van der Waals surface area contributed by atoms with Crippen LogP contribution in [0.15, 0.2) is 12.2 Å². The average molecular weight is 401 g/mol. The Labute approximate surface area is 172 Å². The summed E-state index contributed by atoms with van der Waals surface area (Å²) < 4.78 is 11.0. The molecule has 0 aliphatic carbocycles. The topological polar surface area (TPSA) is 79.2 Å². The van der Waals surface area contributed by atoms with Crippen LogP contribution in [-0.2, 0) is 9.47 Å². The standard InChI is InChI=1S/C23H44O5/c1-2-3-4-5-6-7-8-9-10-11-12-13-14-15-16-17-27-23-21(26)19-28-22(23)20(25)18-24/h13-14,20-26H,2-12,15-19H2,1H3/b14-13+/t20-,21+,22+,23+/m0/s1. The summed E-state index contributed by atoms with van der Waals surface area (Å²) in [6.45, 7) is 2.53. The Morgan fingerprint density at radius 3 is 2.11 bits per heavy atom. The van der Waals surface area contributed by atoms with E-state index >= 15 is 0 Å². The van der Waals surface area contributed by atoms with Crippen molar-refractivity contribution in [2.75, 3.05) is 19.8 Å². The average Bonchev–Trinajstić information content (AvgIpc) is 3.07. The normalized spacial score (nSPS) is 23.6. The molecule has 0 aromatic carbocycles. The number of rotatable bonds is 18. The van der Waals surface area contributed by atoms with Crippen LogP contribution in [0.25, 0.3) is 0 Å². The summed E-state index contributed by atoms with van der Waals surface area (Å²) in [5, 5.41) is 28.6. The first-order valence-corrected chi connectivity index (χ1v) is 11.6. The highest BCUT2D eigenvalue weighted by Gasteiger charge is 2.40. The third kappa shape index (κ3) is 11.5. The Bertz CT molecular complexity index is 374. The van der Waals surface area contributed by atoms with E-state index in [2.05, 4.69) is 19.1 Å². The minimum atomic E-state index is -1.01. The highest BCUT2D eigenvalue weighted by molar-refractivity contribution is 4.89. The molecule has 28 heavy (non-hydrogen) atoms. The van der Waals surface area contributed by atoms with Crippen LogP contribution in [0.4, 0.5) is 0 Å². The minimum absolute atomic E-state index is 0.144. The predicted octanol–water partition coefficient (Wildman–Crippen LogP) is 4.13. The van der Waals surface area contributed by atoms with Crippen LogP contribution in [0.3, 0.4) is 0 Å². The number of aliphatic hydroxyl groups excluding tert-OH is 3. The fourth-order valence-corrected chi connectivity index (χ4v) is 3.66. The van der Waals surface area contributed by atoms with Gasteiger partial charge < -0.3 is 24.8 Å². The quantitative estimate of drug-likeness (QED) is 0.238. The molecule has 1 rings (SSSR count). The van der Waals surface area contributed by atoms with Crippen LogP contribution in [0.1, 0.15) is 90.4 Å². The Hall–Kier alpha value is -0.460. The molecule has 0 saturated carbocycles. The smallest absolute Gasteiger partial charge is 0.114 e. The molecule has 1 aliphatic rings. The molecule has 0 bridgehead atoms. The second-order valence-electron chi connectivity index (χ2n) is 8.03. The summed E-state index contributed by atoms with van der Waals surface area (Å²) in [6, 6.07) is 0. The molecule has 0 amide bonds. The first-order chi connectivity index (χ1) is 13.7. The second-order valence-corrected chi connectivity index (χ2v) is 8.03. The monoisotopic (exact) mass is 400 g/mol. The molecule has 0 aromatic rings. The number of hydrogen-bond acceptors (Lipinski definition) is 5. The second kappa shape index (κ2) is 17.4. The Morgan fingerprint density at radius 2 is 1.50 bits per heavy atom. The van der Waals surface area contributed by atoms with Crippen LogP contribution >= 0.6 is 0 Å². The lowest BCUT2D eigenvalue weighted by Crippen LogP contribution is -2.42. The van der Waals surface area contributed by atoms with Gasteiger partial charge in [0.25, 0.3) is 0 Å². The SMILES string of the molecule is CCCCCCCCCCCC/C=C/CCCO[C@H]1[C@@H]([C@@H](O)CO)OC[C@H]1O. The van der Waals surface area contributed by atoms with Gasteiger partial charge in [0.1, 0.15) is 24.4 Å². The number of unbranched alkanes of at least 4 members (excludes halogenated alkanes) is 11. The van der Waals surface area contributed by atoms with Crippen molar-refractivity contribution in [2.45, 2.75) is 115 Å². The Balaban J connectivity index is 1.90. The molecule has 166 valence electrons. The van der Waals surface area contributed by atoms with Gasteiger partial charge in [-0.1, -0.05) is 76.9 Å². The van der Waals surface area contributed by atoms with E-state index in [-0.39, 0.29) is 13.2 Å². The zero-order valence-electron chi connectivity index (χ0n) is 17.9. The van der Waals surface area contributed by atoms with Crippen molar-refractivity contribution in [3.63, 3.8) is 0 Å². The number of hydrogen-bond donors (Lipinski definition) is 3. The zero-order chi connectivity index (χ0) is 20.5. The Kier molecular flexibility index (Phi) is 15.9. The molecule has 3 N–H and O–H groups in total. The minimum Gasteiger partial charge on any atom is -0.394 e. The third-order valence-corrected chi connectivity index (χ3v) is 5.45. The summed E-state index contributed by atoms with van der Waals surface area (Å²) in [6.07, 6.45) is 18.2. The molecule has 0 unspecified atom stereocenters. The molecule has 0 spiro atoms. The fraction of sp³-hybridized carbons (Fsp3) is 0.913. The fourth-order valence-electron chi connectivity index (χ4n) is 3.66. The van der Waals surface area contributed by atoms with Gasteiger partial charge in [0.05, 0.1) is 13.2 Å².